The van der Waals surface area contributed by atoms with Crippen LogP contribution in [0.5, 0.6) is 5.75 Å². The quantitative estimate of drug-likeness (QED) is 0.822. The van der Waals surface area contributed by atoms with Crippen LogP contribution in [0.4, 0.5) is 0 Å². The number of sulfonamides is 1. The van der Waals surface area contributed by atoms with E-state index in [9.17, 15) is 8.42 Å². The summed E-state index contributed by atoms with van der Waals surface area (Å²) in [5.41, 5.74) is 2.12. The Morgan fingerprint density at radius 2 is 2.00 bits per heavy atom. The first kappa shape index (κ1) is 17.9. The molecule has 2 aromatic rings. The molecule has 0 aliphatic carbocycles. The molecule has 5 nitrogen and oxygen atoms in total. The average Bonchev–Trinajstić information content (AvgIpc) is 2.63. The molecule has 0 unspecified atom stereocenters. The number of methoxy groups -OCH3 is 1. The summed E-state index contributed by atoms with van der Waals surface area (Å²) < 4.78 is 32.9. The summed E-state index contributed by atoms with van der Waals surface area (Å²) in [6.07, 6.45) is 6.34. The first-order valence-electron chi connectivity index (χ1n) is 8.54. The maximum absolute atomic E-state index is 13.0. The third-order valence-corrected chi connectivity index (χ3v) is 6.68. The highest BCUT2D eigenvalue weighted by Crippen LogP contribution is 2.31. The molecule has 1 aliphatic heterocycles. The molecular weight excluding hydrogens is 336 g/mol. The molecule has 6 heteroatoms. The van der Waals surface area contributed by atoms with Gasteiger partial charge in [0.2, 0.25) is 10.0 Å². The van der Waals surface area contributed by atoms with Gasteiger partial charge in [0.1, 0.15) is 10.6 Å². The Balaban J connectivity index is 1.71. The van der Waals surface area contributed by atoms with Crippen LogP contribution in [0.2, 0.25) is 0 Å². The molecule has 0 amide bonds. The maximum Gasteiger partial charge on any atom is 0.246 e. The number of aryl methyl sites for hydroxylation is 1. The molecule has 1 aromatic heterocycles. The van der Waals surface area contributed by atoms with Crippen LogP contribution in [0.3, 0.4) is 0 Å². The molecule has 3 rings (SSSR count). The van der Waals surface area contributed by atoms with Gasteiger partial charge in [-0.25, -0.2) is 8.42 Å². The van der Waals surface area contributed by atoms with E-state index >= 15 is 0 Å². The zero-order chi connectivity index (χ0) is 17.9. The summed E-state index contributed by atoms with van der Waals surface area (Å²) >= 11 is 0. The van der Waals surface area contributed by atoms with Crippen molar-refractivity contribution in [3.8, 4) is 5.75 Å². The number of rotatable bonds is 5. The predicted molar refractivity (Wildman–Crippen MR) is 97.2 cm³/mol. The minimum Gasteiger partial charge on any atom is -0.495 e. The third-order valence-electron chi connectivity index (χ3n) is 4.76. The standard InChI is InChI=1S/C19H24N2O3S/c1-15-5-6-18(24-2)19(12-15)25(22,23)21-10-7-16(8-11-21)13-17-4-3-9-20-14-17/h3-6,9,12,14,16H,7-8,10-11,13H2,1-2H3. The van der Waals surface area contributed by atoms with Gasteiger partial charge in [-0.1, -0.05) is 12.1 Å². The summed E-state index contributed by atoms with van der Waals surface area (Å²) in [6.45, 7) is 2.98. The van der Waals surface area contributed by atoms with Gasteiger partial charge in [0, 0.05) is 25.5 Å². The van der Waals surface area contributed by atoms with Gasteiger partial charge in [0.25, 0.3) is 0 Å². The van der Waals surface area contributed by atoms with Crippen LogP contribution in [0.25, 0.3) is 0 Å². The second-order valence-corrected chi connectivity index (χ2v) is 8.47. The largest absolute Gasteiger partial charge is 0.495 e. The van der Waals surface area contributed by atoms with Gasteiger partial charge in [-0.05, 0) is 61.4 Å². The number of nitrogens with zero attached hydrogens (tertiary/aromatic N) is 2. The molecule has 0 atom stereocenters. The van der Waals surface area contributed by atoms with E-state index in [1.165, 1.54) is 12.7 Å². The lowest BCUT2D eigenvalue weighted by Gasteiger charge is -2.31. The summed E-state index contributed by atoms with van der Waals surface area (Å²) in [7, 11) is -2.02. The van der Waals surface area contributed by atoms with Gasteiger partial charge in [0.15, 0.2) is 0 Å². The van der Waals surface area contributed by atoms with E-state index in [1.807, 2.05) is 25.3 Å². The minimum atomic E-state index is -3.53. The highest BCUT2D eigenvalue weighted by molar-refractivity contribution is 7.89. The van der Waals surface area contributed by atoms with Crippen molar-refractivity contribution in [3.05, 3.63) is 53.9 Å². The number of pyridine rings is 1. The van der Waals surface area contributed by atoms with Crippen LogP contribution in [0, 0.1) is 12.8 Å². The zero-order valence-electron chi connectivity index (χ0n) is 14.7. The SMILES string of the molecule is COc1ccc(C)cc1S(=O)(=O)N1CCC(Cc2cccnc2)CC1. The van der Waals surface area contributed by atoms with Gasteiger partial charge in [-0.15, -0.1) is 0 Å². The van der Waals surface area contributed by atoms with Crippen LogP contribution in [0.1, 0.15) is 24.0 Å². The third kappa shape index (κ3) is 4.02. The molecule has 134 valence electrons. The van der Waals surface area contributed by atoms with Crippen molar-refractivity contribution >= 4 is 10.0 Å². The number of ether oxygens (including phenoxy) is 1. The number of hydrogen-bond acceptors (Lipinski definition) is 4. The van der Waals surface area contributed by atoms with E-state index in [0.29, 0.717) is 24.8 Å². The van der Waals surface area contributed by atoms with E-state index in [4.69, 9.17) is 4.74 Å². The second kappa shape index (κ2) is 7.54. The van der Waals surface area contributed by atoms with E-state index in [-0.39, 0.29) is 4.90 Å². The molecular formula is C19H24N2O3S. The predicted octanol–water partition coefficient (Wildman–Crippen LogP) is 3.04. The zero-order valence-corrected chi connectivity index (χ0v) is 15.5. The molecule has 0 saturated carbocycles. The van der Waals surface area contributed by atoms with E-state index in [0.717, 1.165) is 24.8 Å². The molecule has 0 bridgehead atoms. The number of benzene rings is 1. The van der Waals surface area contributed by atoms with E-state index < -0.39 is 10.0 Å². The first-order valence-corrected chi connectivity index (χ1v) is 9.98. The monoisotopic (exact) mass is 360 g/mol. The fourth-order valence-electron chi connectivity index (χ4n) is 3.33. The molecule has 2 heterocycles. The lowest BCUT2D eigenvalue weighted by molar-refractivity contribution is 0.272. The van der Waals surface area contributed by atoms with Gasteiger partial charge < -0.3 is 4.74 Å². The Morgan fingerprint density at radius 3 is 2.64 bits per heavy atom. The molecule has 1 aromatic carbocycles. The number of hydrogen-bond donors (Lipinski definition) is 0. The fourth-order valence-corrected chi connectivity index (χ4v) is 5.04. The average molecular weight is 360 g/mol. The normalized spacial score (nSPS) is 16.7. The van der Waals surface area contributed by atoms with Gasteiger partial charge in [0.05, 0.1) is 7.11 Å². The van der Waals surface area contributed by atoms with Crippen molar-refractivity contribution in [2.45, 2.75) is 31.1 Å². The second-order valence-electron chi connectivity index (χ2n) is 6.57. The molecule has 1 fully saturated rings. The summed E-state index contributed by atoms with van der Waals surface area (Å²) in [5.74, 6) is 0.901. The lowest BCUT2D eigenvalue weighted by Crippen LogP contribution is -2.39. The highest BCUT2D eigenvalue weighted by Gasteiger charge is 2.31. The minimum absolute atomic E-state index is 0.265. The van der Waals surface area contributed by atoms with E-state index in [1.54, 1.807) is 22.6 Å². The highest BCUT2D eigenvalue weighted by atomic mass is 32.2. The fraction of sp³-hybridized carbons (Fsp3) is 0.421. The molecule has 1 saturated heterocycles. The summed E-state index contributed by atoms with van der Waals surface area (Å²) in [5, 5.41) is 0. The molecule has 0 N–H and O–H groups in total. The van der Waals surface area contributed by atoms with Crippen molar-refractivity contribution in [2.24, 2.45) is 5.92 Å². The van der Waals surface area contributed by atoms with Crippen LogP contribution in [-0.4, -0.2) is 37.9 Å². The Hall–Kier alpha value is -1.92. The van der Waals surface area contributed by atoms with E-state index in [2.05, 4.69) is 11.1 Å². The Morgan fingerprint density at radius 1 is 1.24 bits per heavy atom. The smallest absolute Gasteiger partial charge is 0.246 e. The molecule has 25 heavy (non-hydrogen) atoms. The van der Waals surface area contributed by atoms with Crippen molar-refractivity contribution in [1.29, 1.82) is 0 Å². The molecule has 0 radical (unpaired) electrons. The van der Waals surface area contributed by atoms with Crippen LogP contribution >= 0.6 is 0 Å². The van der Waals surface area contributed by atoms with Crippen molar-refractivity contribution in [1.82, 2.24) is 9.29 Å². The van der Waals surface area contributed by atoms with Crippen molar-refractivity contribution in [2.75, 3.05) is 20.2 Å². The van der Waals surface area contributed by atoms with Gasteiger partial charge >= 0.3 is 0 Å². The van der Waals surface area contributed by atoms with Crippen LogP contribution < -0.4 is 4.74 Å². The van der Waals surface area contributed by atoms with Gasteiger partial charge in [-0.2, -0.15) is 4.31 Å². The van der Waals surface area contributed by atoms with Crippen LogP contribution in [-0.2, 0) is 16.4 Å². The van der Waals surface area contributed by atoms with Crippen molar-refractivity contribution < 1.29 is 13.2 Å². The summed E-state index contributed by atoms with van der Waals surface area (Å²) in [4.78, 5) is 4.42. The van der Waals surface area contributed by atoms with Crippen LogP contribution in [0.15, 0.2) is 47.6 Å². The maximum atomic E-state index is 13.0. The first-order chi connectivity index (χ1) is 12.0. The summed E-state index contributed by atoms with van der Waals surface area (Å²) in [6, 6.07) is 9.29. The lowest BCUT2D eigenvalue weighted by atomic mass is 9.92. The topological polar surface area (TPSA) is 59.5 Å². The van der Waals surface area contributed by atoms with Gasteiger partial charge in [-0.3, -0.25) is 4.98 Å². The molecule has 0 spiro atoms. The number of aromatic nitrogens is 1. The molecule has 1 aliphatic rings. The Kier molecular flexibility index (Phi) is 5.39. The Bertz CT molecular complexity index is 814. The van der Waals surface area contributed by atoms with Crippen molar-refractivity contribution in [3.63, 3.8) is 0 Å². The Labute approximate surface area is 149 Å². The number of piperidine rings is 1.